The first-order chi connectivity index (χ1) is 20.2. The zero-order valence-electron chi connectivity index (χ0n) is 22.1. The van der Waals surface area contributed by atoms with E-state index in [1.165, 1.54) is 55.0 Å². The predicted molar refractivity (Wildman–Crippen MR) is 153 cm³/mol. The number of hydrogen-bond donors (Lipinski definition) is 2. The largest absolute Gasteiger partial charge is 0.454 e. The molecule has 0 bridgehead atoms. The van der Waals surface area contributed by atoms with Crippen LogP contribution in [0.4, 0.5) is 28.9 Å². The molecule has 2 amide bonds. The van der Waals surface area contributed by atoms with E-state index in [1.54, 1.807) is 24.3 Å². The van der Waals surface area contributed by atoms with Crippen LogP contribution in [-0.2, 0) is 9.59 Å². The zero-order valence-corrected chi connectivity index (χ0v) is 22.9. The van der Waals surface area contributed by atoms with Crippen LogP contribution in [0, 0.1) is 17.0 Å². The lowest BCUT2D eigenvalue weighted by molar-refractivity contribution is -0.131. The third-order valence-corrected chi connectivity index (χ3v) is 6.97. The maximum Gasteiger partial charge on any atom is 0.333 e. The second kappa shape index (κ2) is 11.7. The van der Waals surface area contributed by atoms with Crippen molar-refractivity contribution in [2.75, 3.05) is 10.6 Å². The van der Waals surface area contributed by atoms with E-state index in [-0.39, 0.29) is 23.8 Å². The molecule has 0 saturated heterocycles. The molecule has 0 atom stereocenters. The van der Waals surface area contributed by atoms with E-state index in [4.69, 9.17) is 4.74 Å². The lowest BCUT2D eigenvalue weighted by Gasteiger charge is -2.16. The van der Waals surface area contributed by atoms with Crippen LogP contribution < -0.4 is 15.4 Å². The van der Waals surface area contributed by atoms with Gasteiger partial charge in [-0.05, 0) is 73.0 Å². The number of ether oxygens (including phenoxy) is 1. The smallest absolute Gasteiger partial charge is 0.333 e. The number of carbonyl (C=O) groups is 2. The minimum Gasteiger partial charge on any atom is -0.454 e. The van der Waals surface area contributed by atoms with Crippen LogP contribution in [0.2, 0.25) is 0 Å². The van der Waals surface area contributed by atoms with E-state index in [9.17, 15) is 22.8 Å². The molecule has 5 aromatic rings. The molecule has 2 heterocycles. The number of hydrogen-bond acceptors (Lipinski definition) is 5. The number of carbonyl (C=O) groups excluding carboxylic acids is 2. The zero-order chi connectivity index (χ0) is 29.4. The molecule has 6 rings (SSSR count). The van der Waals surface area contributed by atoms with Gasteiger partial charge in [-0.25, -0.2) is 13.5 Å². The highest BCUT2D eigenvalue weighted by Crippen LogP contribution is 2.47. The Morgan fingerprint density at radius 1 is 0.860 bits per heavy atom. The van der Waals surface area contributed by atoms with Gasteiger partial charge in [0.05, 0.1) is 11.7 Å². The van der Waals surface area contributed by atoms with Gasteiger partial charge >= 0.3 is 6.55 Å². The summed E-state index contributed by atoms with van der Waals surface area (Å²) in [6.07, 6.45) is 4.67. The van der Waals surface area contributed by atoms with Gasteiger partial charge in [0.1, 0.15) is 17.0 Å². The van der Waals surface area contributed by atoms with Gasteiger partial charge < -0.3 is 15.4 Å². The summed E-state index contributed by atoms with van der Waals surface area (Å²) in [6.45, 7) is -2.76. The maximum absolute atomic E-state index is 15.1. The van der Waals surface area contributed by atoms with Crippen LogP contribution in [0.15, 0.2) is 85.3 Å². The van der Waals surface area contributed by atoms with Gasteiger partial charge in [0.25, 0.3) is 0 Å². The van der Waals surface area contributed by atoms with Crippen molar-refractivity contribution in [1.29, 1.82) is 0 Å². The first kappa shape index (κ1) is 29.5. The molecule has 8 nitrogen and oxygen atoms in total. The topological polar surface area (TPSA) is 98.1 Å². The summed E-state index contributed by atoms with van der Waals surface area (Å²) < 4.78 is 60.4. The van der Waals surface area contributed by atoms with E-state index in [2.05, 4.69) is 20.7 Å². The van der Waals surface area contributed by atoms with Crippen molar-refractivity contribution >= 4 is 46.5 Å². The van der Waals surface area contributed by atoms with Crippen molar-refractivity contribution in [2.24, 2.45) is 5.41 Å². The van der Waals surface area contributed by atoms with Gasteiger partial charge in [-0.1, -0.05) is 6.07 Å². The van der Waals surface area contributed by atoms with Crippen LogP contribution in [0.1, 0.15) is 19.4 Å². The second-order valence-electron chi connectivity index (χ2n) is 9.77. The Morgan fingerprint density at radius 2 is 1.56 bits per heavy atom. The summed E-state index contributed by atoms with van der Waals surface area (Å²) in [6, 6.07) is 15.7. The lowest BCUT2D eigenvalue weighted by Crippen LogP contribution is -2.35. The third kappa shape index (κ3) is 6.00. The van der Waals surface area contributed by atoms with Crippen LogP contribution in [0.25, 0.3) is 22.0 Å². The SMILES string of the molecule is Cl.O=C(Nc1ccc(F)cc1)C1(C(=O)Nc2ccc(Oc3ccnc4cc(-c5cnn(C(F)F)c5)ccc34)c(F)c2)CC1. The number of rotatable bonds is 8. The average molecular weight is 612 g/mol. The minimum atomic E-state index is -2.76. The molecule has 0 radical (unpaired) electrons. The highest BCUT2D eigenvalue weighted by atomic mass is 35.5. The number of halogens is 5. The molecular formula is C30H22ClF4N5O3. The lowest BCUT2D eigenvalue weighted by atomic mass is 10.0. The van der Waals surface area contributed by atoms with Crippen LogP contribution in [-0.4, -0.2) is 26.6 Å². The Labute approximate surface area is 248 Å². The summed E-state index contributed by atoms with van der Waals surface area (Å²) in [5.74, 6) is -2.12. The molecule has 13 heteroatoms. The standard InChI is InChI=1S/C30H21F4N5O3.ClH/c31-19-2-4-20(5-3-19)37-27(40)30(10-11-30)28(41)38-21-6-8-26(23(32)14-21)42-25-9-12-35-24-13-17(1-7-22(24)25)18-15-36-39(16-18)29(33)34;/h1-9,12-16,29H,10-11H2,(H,37,40)(H,38,41);1H. The van der Waals surface area contributed by atoms with Gasteiger partial charge in [-0.15, -0.1) is 12.4 Å². The van der Waals surface area contributed by atoms with Crippen molar-refractivity contribution in [1.82, 2.24) is 14.8 Å². The number of anilines is 2. The quantitative estimate of drug-likeness (QED) is 0.141. The van der Waals surface area contributed by atoms with Crippen molar-refractivity contribution < 1.29 is 31.9 Å². The fourth-order valence-electron chi connectivity index (χ4n) is 4.48. The van der Waals surface area contributed by atoms with Crippen LogP contribution >= 0.6 is 12.4 Å². The molecule has 2 N–H and O–H groups in total. The normalized spacial score (nSPS) is 13.3. The Hall–Kier alpha value is -4.97. The number of fused-ring (bicyclic) bond motifs is 1. The maximum atomic E-state index is 15.1. The monoisotopic (exact) mass is 611 g/mol. The number of amides is 2. The van der Waals surface area contributed by atoms with Crippen LogP contribution in [0.5, 0.6) is 11.5 Å². The first-order valence-corrected chi connectivity index (χ1v) is 12.8. The fraction of sp³-hybridized carbons (Fsp3) is 0.133. The van der Waals surface area contributed by atoms with E-state index >= 15 is 4.39 Å². The Balaban J connectivity index is 0.00000368. The summed E-state index contributed by atoms with van der Waals surface area (Å²) >= 11 is 0. The summed E-state index contributed by atoms with van der Waals surface area (Å²) in [4.78, 5) is 30.0. The minimum absolute atomic E-state index is 0. The number of nitrogens with one attached hydrogen (secondary N) is 2. The van der Waals surface area contributed by atoms with Gasteiger partial charge in [-0.2, -0.15) is 13.9 Å². The highest BCUT2D eigenvalue weighted by Gasteiger charge is 2.56. The summed E-state index contributed by atoms with van der Waals surface area (Å²) in [5.41, 5.74) is 0.787. The molecule has 0 spiro atoms. The fourth-order valence-corrected chi connectivity index (χ4v) is 4.48. The van der Waals surface area contributed by atoms with Gasteiger partial charge in [-0.3, -0.25) is 14.6 Å². The van der Waals surface area contributed by atoms with E-state index < -0.39 is 35.4 Å². The van der Waals surface area contributed by atoms with E-state index in [0.717, 1.165) is 6.07 Å². The second-order valence-corrected chi connectivity index (χ2v) is 9.77. The van der Waals surface area contributed by atoms with Crippen LogP contribution in [0.3, 0.4) is 0 Å². The van der Waals surface area contributed by atoms with Crippen molar-refractivity contribution in [3.63, 3.8) is 0 Å². The molecule has 43 heavy (non-hydrogen) atoms. The van der Waals surface area contributed by atoms with Gasteiger partial charge in [0.15, 0.2) is 11.6 Å². The van der Waals surface area contributed by atoms with Gasteiger partial charge in [0, 0.05) is 40.8 Å². The molecule has 0 aliphatic heterocycles. The molecule has 1 fully saturated rings. The number of alkyl halides is 2. The Bertz CT molecular complexity index is 1830. The molecule has 3 aromatic carbocycles. The summed E-state index contributed by atoms with van der Waals surface area (Å²) in [7, 11) is 0. The number of nitrogens with zero attached hydrogens (tertiary/aromatic N) is 3. The van der Waals surface area contributed by atoms with Crippen molar-refractivity contribution in [3.8, 4) is 22.6 Å². The number of pyridine rings is 1. The number of aromatic nitrogens is 3. The highest BCUT2D eigenvalue weighted by molar-refractivity contribution is 6.16. The molecule has 1 aliphatic rings. The molecule has 1 saturated carbocycles. The number of benzene rings is 3. The Kier molecular flexibility index (Phi) is 8.05. The first-order valence-electron chi connectivity index (χ1n) is 12.8. The van der Waals surface area contributed by atoms with Gasteiger partial charge in [0.2, 0.25) is 11.8 Å². The average Bonchev–Trinajstić information content (AvgIpc) is 3.65. The van der Waals surface area contributed by atoms with Crippen molar-refractivity contribution in [3.05, 3.63) is 97.0 Å². The summed E-state index contributed by atoms with van der Waals surface area (Å²) in [5, 5.41) is 9.42. The molecule has 0 unspecified atom stereocenters. The van der Waals surface area contributed by atoms with E-state index in [1.807, 2.05) is 0 Å². The van der Waals surface area contributed by atoms with E-state index in [0.29, 0.717) is 51.0 Å². The molecule has 220 valence electrons. The predicted octanol–water partition coefficient (Wildman–Crippen LogP) is 7.34. The Morgan fingerprint density at radius 3 is 2.21 bits per heavy atom. The van der Waals surface area contributed by atoms with Crippen molar-refractivity contribution in [2.45, 2.75) is 19.4 Å². The third-order valence-electron chi connectivity index (χ3n) is 6.97. The molecular weight excluding hydrogens is 590 g/mol. The molecule has 2 aromatic heterocycles. The molecule has 1 aliphatic carbocycles.